The molecule has 0 amide bonds. The molecule has 16 heavy (non-hydrogen) atoms. The number of ether oxygens (including phenoxy) is 2. The molecular formula is C14H18O2. The Morgan fingerprint density at radius 1 is 1.19 bits per heavy atom. The summed E-state index contributed by atoms with van der Waals surface area (Å²) < 4.78 is 10.4. The Kier molecular flexibility index (Phi) is 4.72. The fourth-order valence-corrected chi connectivity index (χ4v) is 1.66. The number of rotatable bonds is 4. The van der Waals surface area contributed by atoms with E-state index in [0.29, 0.717) is 5.92 Å². The van der Waals surface area contributed by atoms with Crippen LogP contribution in [-0.4, -0.2) is 14.2 Å². The first-order chi connectivity index (χ1) is 7.71. The second kappa shape index (κ2) is 6.07. The normalized spacial score (nSPS) is 11.2. The van der Waals surface area contributed by atoms with E-state index in [1.807, 2.05) is 19.1 Å². The van der Waals surface area contributed by atoms with Gasteiger partial charge in [-0.2, -0.15) is 0 Å². The maximum atomic E-state index is 5.26. The zero-order valence-electron chi connectivity index (χ0n) is 10.3. The molecule has 0 saturated carbocycles. The highest BCUT2D eigenvalue weighted by Gasteiger charge is 2.06. The molecule has 1 rings (SSSR count). The zero-order chi connectivity index (χ0) is 12.0. The molecule has 0 spiro atoms. The standard InChI is InChI=1S/C14H18O2/c1-5-6-11(2)9-12-7-8-13(15-3)14(10-12)16-4/h7-8,10-11H,9H2,1-4H3. The summed E-state index contributed by atoms with van der Waals surface area (Å²) >= 11 is 0. The molecule has 1 atom stereocenters. The van der Waals surface area contributed by atoms with Crippen LogP contribution in [-0.2, 0) is 6.42 Å². The lowest BCUT2D eigenvalue weighted by Crippen LogP contribution is -1.98. The summed E-state index contributed by atoms with van der Waals surface area (Å²) in [5, 5.41) is 0. The molecule has 0 radical (unpaired) electrons. The van der Waals surface area contributed by atoms with E-state index in [4.69, 9.17) is 9.47 Å². The minimum atomic E-state index is 0.364. The molecule has 86 valence electrons. The highest BCUT2D eigenvalue weighted by molar-refractivity contribution is 5.43. The minimum Gasteiger partial charge on any atom is -0.493 e. The van der Waals surface area contributed by atoms with E-state index in [0.717, 1.165) is 17.9 Å². The highest BCUT2D eigenvalue weighted by Crippen LogP contribution is 2.28. The van der Waals surface area contributed by atoms with E-state index in [1.165, 1.54) is 5.56 Å². The van der Waals surface area contributed by atoms with E-state index in [2.05, 4.69) is 24.8 Å². The van der Waals surface area contributed by atoms with Crippen molar-refractivity contribution in [2.24, 2.45) is 5.92 Å². The zero-order valence-corrected chi connectivity index (χ0v) is 10.3. The van der Waals surface area contributed by atoms with Crippen LogP contribution in [0, 0.1) is 17.8 Å². The fourth-order valence-electron chi connectivity index (χ4n) is 1.66. The lowest BCUT2D eigenvalue weighted by Gasteiger charge is -2.10. The predicted molar refractivity (Wildman–Crippen MR) is 65.9 cm³/mol. The van der Waals surface area contributed by atoms with Crippen molar-refractivity contribution in [3.63, 3.8) is 0 Å². The van der Waals surface area contributed by atoms with E-state index in [-0.39, 0.29) is 0 Å². The van der Waals surface area contributed by atoms with Gasteiger partial charge in [-0.25, -0.2) is 0 Å². The molecule has 0 bridgehead atoms. The second-order valence-electron chi connectivity index (χ2n) is 3.69. The molecule has 0 aliphatic carbocycles. The van der Waals surface area contributed by atoms with E-state index < -0.39 is 0 Å². The van der Waals surface area contributed by atoms with Crippen molar-refractivity contribution < 1.29 is 9.47 Å². The first kappa shape index (κ1) is 12.4. The number of hydrogen-bond acceptors (Lipinski definition) is 2. The Bertz CT molecular complexity index is 399. The highest BCUT2D eigenvalue weighted by atomic mass is 16.5. The van der Waals surface area contributed by atoms with Gasteiger partial charge >= 0.3 is 0 Å². The molecule has 0 heterocycles. The van der Waals surface area contributed by atoms with Crippen molar-refractivity contribution >= 4 is 0 Å². The van der Waals surface area contributed by atoms with Crippen molar-refractivity contribution in [2.75, 3.05) is 14.2 Å². The molecule has 1 aromatic rings. The maximum Gasteiger partial charge on any atom is 0.160 e. The van der Waals surface area contributed by atoms with Gasteiger partial charge in [0.05, 0.1) is 14.2 Å². The van der Waals surface area contributed by atoms with Crippen LogP contribution in [0.5, 0.6) is 11.5 Å². The fraction of sp³-hybridized carbons (Fsp3) is 0.429. The maximum absolute atomic E-state index is 5.26. The lowest BCUT2D eigenvalue weighted by molar-refractivity contribution is 0.354. The largest absolute Gasteiger partial charge is 0.493 e. The Morgan fingerprint density at radius 2 is 1.88 bits per heavy atom. The van der Waals surface area contributed by atoms with Crippen LogP contribution in [0.4, 0.5) is 0 Å². The predicted octanol–water partition coefficient (Wildman–Crippen LogP) is 2.91. The van der Waals surface area contributed by atoms with Crippen LogP contribution in [0.15, 0.2) is 18.2 Å². The van der Waals surface area contributed by atoms with Crippen LogP contribution in [0.2, 0.25) is 0 Å². The third kappa shape index (κ3) is 3.20. The smallest absolute Gasteiger partial charge is 0.160 e. The quantitative estimate of drug-likeness (QED) is 0.723. The van der Waals surface area contributed by atoms with Gasteiger partial charge in [0.25, 0.3) is 0 Å². The van der Waals surface area contributed by atoms with Gasteiger partial charge in [0.15, 0.2) is 11.5 Å². The molecule has 0 saturated heterocycles. The van der Waals surface area contributed by atoms with Gasteiger partial charge in [-0.1, -0.05) is 13.0 Å². The molecule has 2 nitrogen and oxygen atoms in total. The summed E-state index contributed by atoms with van der Waals surface area (Å²) in [5.41, 5.74) is 1.22. The van der Waals surface area contributed by atoms with Gasteiger partial charge in [0.2, 0.25) is 0 Å². The monoisotopic (exact) mass is 218 g/mol. The molecule has 1 unspecified atom stereocenters. The molecule has 0 aromatic heterocycles. The van der Waals surface area contributed by atoms with Gasteiger partial charge in [-0.15, -0.1) is 11.8 Å². The first-order valence-corrected chi connectivity index (χ1v) is 5.34. The summed E-state index contributed by atoms with van der Waals surface area (Å²) in [6.07, 6.45) is 0.932. The van der Waals surface area contributed by atoms with Crippen molar-refractivity contribution in [1.29, 1.82) is 0 Å². The van der Waals surface area contributed by atoms with Gasteiger partial charge in [-0.05, 0) is 31.0 Å². The van der Waals surface area contributed by atoms with Gasteiger partial charge in [0, 0.05) is 5.92 Å². The van der Waals surface area contributed by atoms with E-state index in [1.54, 1.807) is 14.2 Å². The number of hydrogen-bond donors (Lipinski definition) is 0. The topological polar surface area (TPSA) is 18.5 Å². The average molecular weight is 218 g/mol. The molecule has 0 aliphatic heterocycles. The van der Waals surface area contributed by atoms with Crippen molar-refractivity contribution in [2.45, 2.75) is 20.3 Å². The van der Waals surface area contributed by atoms with Crippen molar-refractivity contribution in [3.05, 3.63) is 23.8 Å². The summed E-state index contributed by atoms with van der Waals surface area (Å²) in [5.74, 6) is 7.97. The van der Waals surface area contributed by atoms with E-state index in [9.17, 15) is 0 Å². The minimum absolute atomic E-state index is 0.364. The van der Waals surface area contributed by atoms with Crippen LogP contribution < -0.4 is 9.47 Å². The average Bonchev–Trinajstić information content (AvgIpc) is 2.29. The molecule has 0 fully saturated rings. The summed E-state index contributed by atoms with van der Waals surface area (Å²) in [7, 11) is 3.29. The molecule has 0 aliphatic rings. The van der Waals surface area contributed by atoms with Crippen molar-refractivity contribution in [1.82, 2.24) is 0 Å². The first-order valence-electron chi connectivity index (χ1n) is 5.34. The van der Waals surface area contributed by atoms with E-state index >= 15 is 0 Å². The lowest BCUT2D eigenvalue weighted by atomic mass is 10.0. The Balaban J connectivity index is 2.85. The Morgan fingerprint density at radius 3 is 2.44 bits per heavy atom. The third-order valence-electron chi connectivity index (χ3n) is 2.38. The Hall–Kier alpha value is -1.62. The third-order valence-corrected chi connectivity index (χ3v) is 2.38. The van der Waals surface area contributed by atoms with Crippen molar-refractivity contribution in [3.8, 4) is 23.3 Å². The number of benzene rings is 1. The van der Waals surface area contributed by atoms with Gasteiger partial charge in [-0.3, -0.25) is 0 Å². The van der Waals surface area contributed by atoms with Gasteiger partial charge < -0.3 is 9.47 Å². The summed E-state index contributed by atoms with van der Waals surface area (Å²) in [6, 6.07) is 5.99. The van der Waals surface area contributed by atoms with Gasteiger partial charge in [0.1, 0.15) is 0 Å². The molecule has 1 aromatic carbocycles. The molecule has 2 heteroatoms. The van der Waals surface area contributed by atoms with Crippen LogP contribution >= 0.6 is 0 Å². The van der Waals surface area contributed by atoms with Crippen LogP contribution in [0.25, 0.3) is 0 Å². The second-order valence-corrected chi connectivity index (χ2v) is 3.69. The SMILES string of the molecule is CC#CC(C)Cc1ccc(OC)c(OC)c1. The van der Waals surface area contributed by atoms with Crippen LogP contribution in [0.3, 0.4) is 0 Å². The summed E-state index contributed by atoms with van der Waals surface area (Å²) in [4.78, 5) is 0. The number of methoxy groups -OCH3 is 2. The Labute approximate surface area is 97.6 Å². The molecular weight excluding hydrogens is 200 g/mol. The molecule has 0 N–H and O–H groups in total. The van der Waals surface area contributed by atoms with Crippen LogP contribution in [0.1, 0.15) is 19.4 Å². The summed E-state index contributed by atoms with van der Waals surface area (Å²) in [6.45, 7) is 3.98.